The second-order valence-corrected chi connectivity index (χ2v) is 2.80. The summed E-state index contributed by atoms with van der Waals surface area (Å²) in [6.45, 7) is 1.80. The minimum atomic E-state index is -0.990. The number of aryl methyl sites for hydroxylation is 2. The van der Waals surface area contributed by atoms with Gasteiger partial charge >= 0.3 is 5.97 Å². The molecule has 0 aromatic carbocycles. The maximum absolute atomic E-state index is 10.3. The molecule has 5 heteroatoms. The lowest BCUT2D eigenvalue weighted by Gasteiger charge is -1.99. The van der Waals surface area contributed by atoms with Gasteiger partial charge in [-0.1, -0.05) is 0 Å². The lowest BCUT2D eigenvalue weighted by atomic mass is 10.2. The summed E-state index contributed by atoms with van der Waals surface area (Å²) in [5.41, 5.74) is 1.43. The van der Waals surface area contributed by atoms with Crippen LogP contribution in [-0.4, -0.2) is 28.0 Å². The van der Waals surface area contributed by atoms with Crippen molar-refractivity contribution in [3.8, 4) is 5.88 Å². The molecule has 0 radical (unpaired) electrons. The van der Waals surface area contributed by atoms with Gasteiger partial charge in [0, 0.05) is 13.1 Å². The van der Waals surface area contributed by atoms with E-state index >= 15 is 0 Å². The number of nitrogens with zero attached hydrogens (tertiary/aromatic N) is 2. The lowest BCUT2D eigenvalue weighted by molar-refractivity contribution is -0.131. The average Bonchev–Trinajstić information content (AvgIpc) is 2.36. The molecule has 1 rings (SSSR count). The topological polar surface area (TPSA) is 64.3 Å². The van der Waals surface area contributed by atoms with Crippen LogP contribution in [0.1, 0.15) is 11.3 Å². The third-order valence-electron chi connectivity index (χ3n) is 1.80. The molecular weight excluding hydrogens is 184 g/mol. The van der Waals surface area contributed by atoms with Gasteiger partial charge in [-0.05, 0) is 13.0 Å². The van der Waals surface area contributed by atoms with Crippen molar-refractivity contribution in [1.29, 1.82) is 0 Å². The molecule has 1 aromatic heterocycles. The first-order valence-corrected chi connectivity index (χ1v) is 4.05. The number of hydrogen-bond donors (Lipinski definition) is 1. The standard InChI is InChI=1S/C9H12N2O3/c1-6-7(4-5-8(12)13)9(14-3)11(2)10-6/h4-5H,1-3H3,(H,12,13)/b5-4+. The number of aliphatic carboxylic acids is 1. The van der Waals surface area contributed by atoms with Crippen molar-refractivity contribution in [1.82, 2.24) is 9.78 Å². The molecule has 1 aromatic rings. The maximum atomic E-state index is 10.3. The number of carboxylic acid groups (broad SMARTS) is 1. The molecule has 14 heavy (non-hydrogen) atoms. The molecule has 0 atom stereocenters. The molecule has 76 valence electrons. The minimum Gasteiger partial charge on any atom is -0.481 e. The Kier molecular flexibility index (Phi) is 2.91. The van der Waals surface area contributed by atoms with Crippen LogP contribution in [0.3, 0.4) is 0 Å². The van der Waals surface area contributed by atoms with Gasteiger partial charge in [-0.3, -0.25) is 0 Å². The third-order valence-corrected chi connectivity index (χ3v) is 1.80. The Morgan fingerprint density at radius 2 is 2.29 bits per heavy atom. The molecule has 0 aliphatic heterocycles. The molecule has 0 spiro atoms. The fraction of sp³-hybridized carbons (Fsp3) is 0.333. The second kappa shape index (κ2) is 3.95. The lowest BCUT2D eigenvalue weighted by Crippen LogP contribution is -1.95. The van der Waals surface area contributed by atoms with E-state index in [9.17, 15) is 4.79 Å². The number of carboxylic acids is 1. The number of methoxy groups -OCH3 is 1. The van der Waals surface area contributed by atoms with Crippen LogP contribution in [0.15, 0.2) is 6.08 Å². The highest BCUT2D eigenvalue weighted by atomic mass is 16.5. The van der Waals surface area contributed by atoms with Crippen LogP contribution >= 0.6 is 0 Å². The van der Waals surface area contributed by atoms with Crippen molar-refractivity contribution in [2.75, 3.05) is 7.11 Å². The predicted octanol–water partition coefficient (Wildman–Crippen LogP) is 0.835. The van der Waals surface area contributed by atoms with E-state index in [4.69, 9.17) is 9.84 Å². The van der Waals surface area contributed by atoms with Crippen molar-refractivity contribution in [3.63, 3.8) is 0 Å². The summed E-state index contributed by atoms with van der Waals surface area (Å²) in [6, 6.07) is 0. The highest BCUT2D eigenvalue weighted by Crippen LogP contribution is 2.21. The van der Waals surface area contributed by atoms with Crippen molar-refractivity contribution in [3.05, 3.63) is 17.3 Å². The normalized spacial score (nSPS) is 10.8. The summed E-state index contributed by atoms with van der Waals surface area (Å²) in [7, 11) is 3.26. The summed E-state index contributed by atoms with van der Waals surface area (Å²) in [6.07, 6.45) is 2.54. The van der Waals surface area contributed by atoms with Crippen LogP contribution in [0.25, 0.3) is 6.08 Å². The zero-order valence-electron chi connectivity index (χ0n) is 8.31. The van der Waals surface area contributed by atoms with Gasteiger partial charge in [0.25, 0.3) is 0 Å². The Balaban J connectivity index is 3.12. The molecule has 0 saturated heterocycles. The van der Waals surface area contributed by atoms with E-state index < -0.39 is 5.97 Å². The van der Waals surface area contributed by atoms with E-state index in [2.05, 4.69) is 5.10 Å². The van der Waals surface area contributed by atoms with E-state index in [1.807, 2.05) is 0 Å². The molecule has 0 unspecified atom stereocenters. The average molecular weight is 196 g/mol. The third kappa shape index (κ3) is 1.93. The largest absolute Gasteiger partial charge is 0.481 e. The Morgan fingerprint density at radius 1 is 1.64 bits per heavy atom. The fourth-order valence-corrected chi connectivity index (χ4v) is 1.24. The molecular formula is C9H12N2O3. The maximum Gasteiger partial charge on any atom is 0.328 e. The molecule has 1 N–H and O–H groups in total. The van der Waals surface area contributed by atoms with Crippen molar-refractivity contribution in [2.24, 2.45) is 7.05 Å². The van der Waals surface area contributed by atoms with Crippen molar-refractivity contribution >= 4 is 12.0 Å². The number of carbonyl (C=O) groups is 1. The number of hydrogen-bond acceptors (Lipinski definition) is 3. The summed E-state index contributed by atoms with van der Waals surface area (Å²) >= 11 is 0. The second-order valence-electron chi connectivity index (χ2n) is 2.80. The summed E-state index contributed by atoms with van der Waals surface area (Å²) in [4.78, 5) is 10.3. The Bertz CT molecular complexity index is 380. The van der Waals surface area contributed by atoms with Gasteiger partial charge in [-0.15, -0.1) is 0 Å². The summed E-state index contributed by atoms with van der Waals surface area (Å²) in [5, 5.41) is 12.6. The van der Waals surface area contributed by atoms with Crippen LogP contribution in [0.5, 0.6) is 5.88 Å². The van der Waals surface area contributed by atoms with Crippen molar-refractivity contribution in [2.45, 2.75) is 6.92 Å². The van der Waals surface area contributed by atoms with Crippen LogP contribution < -0.4 is 4.74 Å². The summed E-state index contributed by atoms with van der Waals surface area (Å²) in [5.74, 6) is -0.435. The Hall–Kier alpha value is -1.78. The van der Waals surface area contributed by atoms with Gasteiger partial charge in [0.1, 0.15) is 0 Å². The molecule has 0 fully saturated rings. The first kappa shape index (κ1) is 10.3. The summed E-state index contributed by atoms with van der Waals surface area (Å²) < 4.78 is 6.65. The Morgan fingerprint density at radius 3 is 2.79 bits per heavy atom. The van der Waals surface area contributed by atoms with Gasteiger partial charge in [-0.25, -0.2) is 9.48 Å². The zero-order chi connectivity index (χ0) is 10.7. The Labute approximate surface area is 81.6 Å². The zero-order valence-corrected chi connectivity index (χ0v) is 8.31. The van der Waals surface area contributed by atoms with Gasteiger partial charge in [0.15, 0.2) is 0 Å². The SMILES string of the molecule is COc1c(/C=C/C(=O)O)c(C)nn1C. The van der Waals surface area contributed by atoms with Crippen molar-refractivity contribution < 1.29 is 14.6 Å². The fourth-order valence-electron chi connectivity index (χ4n) is 1.24. The number of aromatic nitrogens is 2. The first-order valence-electron chi connectivity index (χ1n) is 4.05. The highest BCUT2D eigenvalue weighted by molar-refractivity contribution is 5.86. The molecule has 1 heterocycles. The molecule has 0 amide bonds. The van der Waals surface area contributed by atoms with E-state index in [1.165, 1.54) is 13.2 Å². The van der Waals surface area contributed by atoms with Crippen LogP contribution in [0.2, 0.25) is 0 Å². The van der Waals surface area contributed by atoms with E-state index in [-0.39, 0.29) is 0 Å². The molecule has 0 saturated carbocycles. The minimum absolute atomic E-state index is 0.556. The van der Waals surface area contributed by atoms with Gasteiger partial charge < -0.3 is 9.84 Å². The quantitative estimate of drug-likeness (QED) is 0.727. The molecule has 0 aliphatic rings. The first-order chi connectivity index (χ1) is 6.56. The van der Waals surface area contributed by atoms with Crippen LogP contribution in [0, 0.1) is 6.92 Å². The monoisotopic (exact) mass is 196 g/mol. The molecule has 5 nitrogen and oxygen atoms in total. The van der Waals surface area contributed by atoms with E-state index in [0.29, 0.717) is 11.4 Å². The van der Waals surface area contributed by atoms with Gasteiger partial charge in [0.05, 0.1) is 18.4 Å². The number of ether oxygens (including phenoxy) is 1. The van der Waals surface area contributed by atoms with Crippen LogP contribution in [-0.2, 0) is 11.8 Å². The smallest absolute Gasteiger partial charge is 0.328 e. The van der Waals surface area contributed by atoms with E-state index in [0.717, 1.165) is 11.8 Å². The van der Waals surface area contributed by atoms with Crippen LogP contribution in [0.4, 0.5) is 0 Å². The highest BCUT2D eigenvalue weighted by Gasteiger charge is 2.10. The predicted molar refractivity (Wildman–Crippen MR) is 51.2 cm³/mol. The van der Waals surface area contributed by atoms with Gasteiger partial charge in [0.2, 0.25) is 5.88 Å². The molecule has 0 aliphatic carbocycles. The molecule has 0 bridgehead atoms. The number of rotatable bonds is 3. The van der Waals surface area contributed by atoms with Gasteiger partial charge in [-0.2, -0.15) is 5.10 Å². The van der Waals surface area contributed by atoms with E-state index in [1.54, 1.807) is 18.7 Å².